The Morgan fingerprint density at radius 3 is 2.38 bits per heavy atom. The molecule has 0 saturated carbocycles. The molecule has 4 nitrogen and oxygen atoms in total. The second-order valence-electron chi connectivity index (χ2n) is 5.51. The van der Waals surface area contributed by atoms with E-state index < -0.39 is 0 Å². The summed E-state index contributed by atoms with van der Waals surface area (Å²) in [6.07, 6.45) is 1.24. The van der Waals surface area contributed by atoms with Gasteiger partial charge in [0.1, 0.15) is 17.1 Å². The van der Waals surface area contributed by atoms with E-state index in [4.69, 9.17) is 9.15 Å². The van der Waals surface area contributed by atoms with Crippen molar-refractivity contribution in [2.24, 2.45) is 0 Å². The van der Waals surface area contributed by atoms with E-state index in [0.717, 1.165) is 17.4 Å². The molecule has 0 aliphatic heterocycles. The summed E-state index contributed by atoms with van der Waals surface area (Å²) in [4.78, 5) is 23.3. The minimum Gasteiger partial charge on any atom is -0.457 e. The third kappa shape index (κ3) is 3.23. The van der Waals surface area contributed by atoms with Gasteiger partial charge in [-0.1, -0.05) is 13.8 Å². The van der Waals surface area contributed by atoms with Crippen LogP contribution in [0.2, 0.25) is 0 Å². The summed E-state index contributed by atoms with van der Waals surface area (Å²) in [5, 5.41) is 0.911. The molecule has 2 aromatic carbocycles. The molecule has 3 aromatic rings. The highest BCUT2D eigenvalue weighted by molar-refractivity contribution is 5.95. The highest BCUT2D eigenvalue weighted by Gasteiger charge is 2.07. The molecule has 24 heavy (non-hydrogen) atoms. The number of aryl methyl sites for hydroxylation is 1. The Morgan fingerprint density at radius 2 is 1.71 bits per heavy atom. The van der Waals surface area contributed by atoms with Crippen LogP contribution < -0.4 is 10.4 Å². The van der Waals surface area contributed by atoms with Gasteiger partial charge in [-0.2, -0.15) is 0 Å². The lowest BCUT2D eigenvalue weighted by atomic mass is 10.1. The van der Waals surface area contributed by atoms with Gasteiger partial charge in [0.05, 0.1) is 0 Å². The molecule has 1 heterocycles. The average molecular weight is 322 g/mol. The zero-order chi connectivity index (χ0) is 17.1. The van der Waals surface area contributed by atoms with Gasteiger partial charge in [0.2, 0.25) is 0 Å². The monoisotopic (exact) mass is 322 g/mol. The number of carbonyl (C=O) groups excluding carboxylic acids is 1. The minimum absolute atomic E-state index is 0.0983. The first-order chi connectivity index (χ1) is 11.6. The van der Waals surface area contributed by atoms with Crippen molar-refractivity contribution in [3.05, 3.63) is 70.1 Å². The van der Waals surface area contributed by atoms with E-state index in [9.17, 15) is 9.59 Å². The Hall–Kier alpha value is -2.88. The molecule has 0 amide bonds. The Morgan fingerprint density at radius 1 is 1.00 bits per heavy atom. The smallest absolute Gasteiger partial charge is 0.336 e. The van der Waals surface area contributed by atoms with Crippen LogP contribution in [0.4, 0.5) is 0 Å². The fourth-order valence-corrected chi connectivity index (χ4v) is 2.62. The summed E-state index contributed by atoms with van der Waals surface area (Å²) in [6, 6.07) is 14.0. The van der Waals surface area contributed by atoms with Crippen molar-refractivity contribution in [1.29, 1.82) is 0 Å². The van der Waals surface area contributed by atoms with Crippen molar-refractivity contribution in [1.82, 2.24) is 0 Å². The second-order valence-corrected chi connectivity index (χ2v) is 5.51. The Bertz CT molecular complexity index is 936. The highest BCUT2D eigenvalue weighted by atomic mass is 16.5. The lowest BCUT2D eigenvalue weighted by Gasteiger charge is -2.08. The number of hydrogen-bond acceptors (Lipinski definition) is 4. The van der Waals surface area contributed by atoms with Crippen molar-refractivity contribution in [3.63, 3.8) is 0 Å². The lowest BCUT2D eigenvalue weighted by Crippen LogP contribution is -2.00. The number of hydrogen-bond donors (Lipinski definition) is 0. The maximum Gasteiger partial charge on any atom is 0.336 e. The summed E-state index contributed by atoms with van der Waals surface area (Å²) in [6.45, 7) is 3.83. The van der Waals surface area contributed by atoms with Gasteiger partial charge < -0.3 is 9.15 Å². The molecule has 3 rings (SSSR count). The number of rotatable bonds is 5. The van der Waals surface area contributed by atoms with E-state index in [-0.39, 0.29) is 11.4 Å². The van der Waals surface area contributed by atoms with Gasteiger partial charge in [-0.05, 0) is 48.4 Å². The SMILES string of the molecule is CCC(=O)c1ccc(Oc2ccc3c(CC)cc(=O)oc3c2)cc1. The molecule has 0 spiro atoms. The van der Waals surface area contributed by atoms with E-state index >= 15 is 0 Å². The van der Waals surface area contributed by atoms with Crippen molar-refractivity contribution in [2.45, 2.75) is 26.7 Å². The van der Waals surface area contributed by atoms with Crippen LogP contribution in [-0.4, -0.2) is 5.78 Å². The molecule has 0 bridgehead atoms. The van der Waals surface area contributed by atoms with Gasteiger partial charge in [-0.25, -0.2) is 4.79 Å². The van der Waals surface area contributed by atoms with E-state index in [0.29, 0.717) is 29.1 Å². The van der Waals surface area contributed by atoms with Gasteiger partial charge in [-0.15, -0.1) is 0 Å². The summed E-state index contributed by atoms with van der Waals surface area (Å²) in [5.41, 5.74) is 1.77. The number of ether oxygens (including phenoxy) is 1. The van der Waals surface area contributed by atoms with Crippen LogP contribution in [0.5, 0.6) is 11.5 Å². The summed E-state index contributed by atoms with van der Waals surface area (Å²) < 4.78 is 11.1. The van der Waals surface area contributed by atoms with Crippen molar-refractivity contribution in [3.8, 4) is 11.5 Å². The molecule has 0 radical (unpaired) electrons. The van der Waals surface area contributed by atoms with Crippen LogP contribution in [0, 0.1) is 0 Å². The van der Waals surface area contributed by atoms with Crippen molar-refractivity contribution >= 4 is 16.8 Å². The van der Waals surface area contributed by atoms with Crippen LogP contribution in [0.15, 0.2) is 57.7 Å². The maximum atomic E-state index is 11.6. The normalized spacial score (nSPS) is 10.8. The van der Waals surface area contributed by atoms with Gasteiger partial charge >= 0.3 is 5.63 Å². The summed E-state index contributed by atoms with van der Waals surface area (Å²) in [5.74, 6) is 1.30. The number of benzene rings is 2. The molecule has 0 atom stereocenters. The van der Waals surface area contributed by atoms with Crippen LogP contribution >= 0.6 is 0 Å². The topological polar surface area (TPSA) is 56.5 Å². The molecule has 0 fully saturated rings. The average Bonchev–Trinajstić information content (AvgIpc) is 2.60. The zero-order valence-electron chi connectivity index (χ0n) is 13.7. The van der Waals surface area contributed by atoms with Gasteiger partial charge in [-0.3, -0.25) is 4.79 Å². The molecular weight excluding hydrogens is 304 g/mol. The standard InChI is InChI=1S/C20H18O4/c1-3-13-11-20(22)24-19-12-16(9-10-17(13)19)23-15-7-5-14(6-8-15)18(21)4-2/h5-12H,3-4H2,1-2H3. The first kappa shape index (κ1) is 16.0. The summed E-state index contributed by atoms with van der Waals surface area (Å²) >= 11 is 0. The number of carbonyl (C=O) groups is 1. The van der Waals surface area contributed by atoms with Gasteiger partial charge in [0, 0.05) is 29.5 Å². The highest BCUT2D eigenvalue weighted by Crippen LogP contribution is 2.27. The Labute approximate surface area is 139 Å². The Balaban J connectivity index is 1.90. The molecule has 0 unspecified atom stereocenters. The maximum absolute atomic E-state index is 11.6. The third-order valence-electron chi connectivity index (χ3n) is 3.92. The first-order valence-electron chi connectivity index (χ1n) is 7.98. The summed E-state index contributed by atoms with van der Waals surface area (Å²) in [7, 11) is 0. The van der Waals surface area contributed by atoms with Crippen LogP contribution in [-0.2, 0) is 6.42 Å². The molecule has 0 aliphatic carbocycles. The number of ketones is 1. The van der Waals surface area contributed by atoms with Crippen LogP contribution in [0.25, 0.3) is 11.0 Å². The minimum atomic E-state index is -0.362. The predicted octanol–water partition coefficient (Wildman–Crippen LogP) is 4.74. The predicted molar refractivity (Wildman–Crippen MR) is 93.0 cm³/mol. The molecule has 0 saturated heterocycles. The molecule has 0 N–H and O–H groups in total. The molecule has 0 aliphatic rings. The third-order valence-corrected chi connectivity index (χ3v) is 3.92. The fourth-order valence-electron chi connectivity index (χ4n) is 2.62. The Kier molecular flexibility index (Phi) is 4.47. The first-order valence-corrected chi connectivity index (χ1v) is 7.98. The number of Topliss-reactive ketones (excluding diaryl/α,β-unsaturated/α-hetero) is 1. The largest absolute Gasteiger partial charge is 0.457 e. The van der Waals surface area contributed by atoms with Gasteiger partial charge in [0.15, 0.2) is 5.78 Å². The second kappa shape index (κ2) is 6.71. The van der Waals surface area contributed by atoms with Crippen molar-refractivity contribution < 1.29 is 13.9 Å². The van der Waals surface area contributed by atoms with Crippen LogP contribution in [0.1, 0.15) is 36.2 Å². The fraction of sp³-hybridized carbons (Fsp3) is 0.200. The zero-order valence-corrected chi connectivity index (χ0v) is 13.7. The van der Waals surface area contributed by atoms with Crippen LogP contribution in [0.3, 0.4) is 0 Å². The molecule has 4 heteroatoms. The molecular formula is C20H18O4. The molecule has 1 aromatic heterocycles. The molecule has 122 valence electrons. The van der Waals surface area contributed by atoms with E-state index in [1.54, 1.807) is 30.3 Å². The van der Waals surface area contributed by atoms with Crippen molar-refractivity contribution in [2.75, 3.05) is 0 Å². The van der Waals surface area contributed by atoms with E-state index in [2.05, 4.69) is 0 Å². The van der Waals surface area contributed by atoms with E-state index in [1.807, 2.05) is 26.0 Å². The lowest BCUT2D eigenvalue weighted by molar-refractivity contribution is 0.0988. The number of fused-ring (bicyclic) bond motifs is 1. The van der Waals surface area contributed by atoms with Gasteiger partial charge in [0.25, 0.3) is 0 Å². The quantitative estimate of drug-likeness (QED) is 0.503. The van der Waals surface area contributed by atoms with E-state index in [1.165, 1.54) is 6.07 Å².